The highest BCUT2D eigenvalue weighted by Crippen LogP contribution is 2.35. The predicted octanol–water partition coefficient (Wildman–Crippen LogP) is 5.12. The number of benzene rings is 1. The van der Waals surface area contributed by atoms with Crippen LogP contribution in [-0.4, -0.2) is 22.4 Å². The molecule has 0 spiro atoms. The summed E-state index contributed by atoms with van der Waals surface area (Å²) < 4.78 is 28.2. The van der Waals surface area contributed by atoms with Crippen LogP contribution in [0.2, 0.25) is 5.02 Å². The summed E-state index contributed by atoms with van der Waals surface area (Å²) in [5.41, 5.74) is 1.97. The lowest BCUT2D eigenvalue weighted by molar-refractivity contribution is 0.589. The van der Waals surface area contributed by atoms with E-state index in [0.717, 1.165) is 5.56 Å². The molecule has 0 radical (unpaired) electrons. The predicted molar refractivity (Wildman–Crippen MR) is 107 cm³/mol. The van der Waals surface area contributed by atoms with Crippen LogP contribution in [0.3, 0.4) is 0 Å². The van der Waals surface area contributed by atoms with Crippen molar-refractivity contribution in [2.24, 2.45) is 0 Å². The lowest BCUT2D eigenvalue weighted by atomic mass is 10.2. The molecule has 0 aliphatic carbocycles. The average molecular weight is 469 g/mol. The number of aryl methyl sites for hydroxylation is 1. The molecule has 132 valence electrons. The lowest BCUT2D eigenvalue weighted by Gasteiger charge is -2.07. The Morgan fingerprint density at radius 3 is 2.62 bits per heavy atom. The SMILES string of the molecule is Cc1ccc(S(=O)(=O)n2cc(-c3nc(Br)cs3)c3cc(Cl)cnc32)cc1. The maximum Gasteiger partial charge on any atom is 0.269 e. The molecule has 26 heavy (non-hydrogen) atoms. The van der Waals surface area contributed by atoms with E-state index in [1.54, 1.807) is 36.5 Å². The summed E-state index contributed by atoms with van der Waals surface area (Å²) in [7, 11) is -3.80. The molecule has 4 rings (SSSR count). The highest BCUT2D eigenvalue weighted by atomic mass is 79.9. The minimum absolute atomic E-state index is 0.198. The van der Waals surface area contributed by atoms with Gasteiger partial charge in [0.25, 0.3) is 10.0 Å². The van der Waals surface area contributed by atoms with Gasteiger partial charge in [-0.2, -0.15) is 0 Å². The normalized spacial score (nSPS) is 12.0. The van der Waals surface area contributed by atoms with E-state index < -0.39 is 10.0 Å². The number of hydrogen-bond donors (Lipinski definition) is 0. The van der Waals surface area contributed by atoms with Crippen LogP contribution in [-0.2, 0) is 10.0 Å². The van der Waals surface area contributed by atoms with Crippen LogP contribution in [0.1, 0.15) is 5.56 Å². The highest BCUT2D eigenvalue weighted by Gasteiger charge is 2.24. The van der Waals surface area contributed by atoms with E-state index >= 15 is 0 Å². The van der Waals surface area contributed by atoms with Gasteiger partial charge >= 0.3 is 0 Å². The standard InChI is InChI=1S/C17H11BrClN3O2S2/c1-10-2-4-12(5-3-10)26(23,24)22-8-14(17-21-15(18)9-25-17)13-6-11(19)7-20-16(13)22/h2-9H,1H3. The number of thiazole rings is 1. The van der Waals surface area contributed by atoms with Gasteiger partial charge in [-0.25, -0.2) is 22.4 Å². The van der Waals surface area contributed by atoms with Gasteiger partial charge in [0.2, 0.25) is 0 Å². The first-order valence-electron chi connectivity index (χ1n) is 7.46. The maximum absolute atomic E-state index is 13.2. The number of pyridine rings is 1. The zero-order chi connectivity index (χ0) is 18.5. The molecule has 0 saturated heterocycles. The van der Waals surface area contributed by atoms with Crippen molar-refractivity contribution in [2.75, 3.05) is 0 Å². The van der Waals surface area contributed by atoms with Gasteiger partial charge in [-0.1, -0.05) is 29.3 Å². The Balaban J connectivity index is 2.00. The highest BCUT2D eigenvalue weighted by molar-refractivity contribution is 9.10. The Morgan fingerprint density at radius 1 is 1.23 bits per heavy atom. The first-order valence-corrected chi connectivity index (χ1v) is 11.0. The van der Waals surface area contributed by atoms with Gasteiger partial charge in [0.05, 0.1) is 9.92 Å². The Labute approximate surface area is 167 Å². The van der Waals surface area contributed by atoms with Crippen molar-refractivity contribution in [1.82, 2.24) is 13.9 Å². The van der Waals surface area contributed by atoms with Crippen LogP contribution in [0.15, 0.2) is 57.6 Å². The van der Waals surface area contributed by atoms with E-state index in [9.17, 15) is 8.42 Å². The number of hydrogen-bond acceptors (Lipinski definition) is 5. The summed E-state index contributed by atoms with van der Waals surface area (Å²) in [4.78, 5) is 8.85. The number of aromatic nitrogens is 3. The van der Waals surface area contributed by atoms with Gasteiger partial charge in [-0.3, -0.25) is 0 Å². The molecule has 0 saturated carbocycles. The van der Waals surface area contributed by atoms with Crippen LogP contribution in [0.25, 0.3) is 21.6 Å². The summed E-state index contributed by atoms with van der Waals surface area (Å²) in [6, 6.07) is 8.41. The molecular formula is C17H11BrClN3O2S2. The van der Waals surface area contributed by atoms with Crippen molar-refractivity contribution in [2.45, 2.75) is 11.8 Å². The second-order valence-electron chi connectivity index (χ2n) is 5.66. The minimum atomic E-state index is -3.80. The number of rotatable bonds is 3. The van der Waals surface area contributed by atoms with Crippen LogP contribution in [0.5, 0.6) is 0 Å². The second-order valence-corrected chi connectivity index (χ2v) is 9.58. The van der Waals surface area contributed by atoms with E-state index in [0.29, 0.717) is 31.2 Å². The Kier molecular flexibility index (Phi) is 4.38. The van der Waals surface area contributed by atoms with Crippen LogP contribution in [0, 0.1) is 6.92 Å². The molecule has 0 aliphatic heterocycles. The monoisotopic (exact) mass is 467 g/mol. The molecule has 3 heterocycles. The van der Waals surface area contributed by atoms with Gasteiger partial charge in [0.15, 0.2) is 5.65 Å². The van der Waals surface area contributed by atoms with Crippen molar-refractivity contribution < 1.29 is 8.42 Å². The topological polar surface area (TPSA) is 64.8 Å². The third-order valence-electron chi connectivity index (χ3n) is 3.86. The number of nitrogens with zero attached hydrogens (tertiary/aromatic N) is 3. The third kappa shape index (κ3) is 2.96. The molecular weight excluding hydrogens is 458 g/mol. The molecule has 0 bridgehead atoms. The molecule has 5 nitrogen and oxygen atoms in total. The van der Waals surface area contributed by atoms with Crippen molar-refractivity contribution in [3.63, 3.8) is 0 Å². The fourth-order valence-corrected chi connectivity index (χ4v) is 5.37. The quantitative estimate of drug-likeness (QED) is 0.418. The zero-order valence-corrected chi connectivity index (χ0v) is 17.3. The van der Waals surface area contributed by atoms with Crippen molar-refractivity contribution in [1.29, 1.82) is 0 Å². The summed E-state index contributed by atoms with van der Waals surface area (Å²) in [6.07, 6.45) is 2.99. The molecule has 0 atom stereocenters. The van der Waals surface area contributed by atoms with E-state index in [1.807, 2.05) is 12.3 Å². The van der Waals surface area contributed by atoms with E-state index in [2.05, 4.69) is 25.9 Å². The molecule has 0 N–H and O–H groups in total. The van der Waals surface area contributed by atoms with Gasteiger partial charge < -0.3 is 0 Å². The Hall–Kier alpha value is -1.74. The maximum atomic E-state index is 13.2. The van der Waals surface area contributed by atoms with Gasteiger partial charge in [-0.05, 0) is 41.1 Å². The minimum Gasteiger partial charge on any atom is -0.236 e. The smallest absolute Gasteiger partial charge is 0.236 e. The summed E-state index contributed by atoms with van der Waals surface area (Å²) in [6.45, 7) is 1.91. The zero-order valence-electron chi connectivity index (χ0n) is 13.3. The van der Waals surface area contributed by atoms with Crippen LogP contribution in [0.4, 0.5) is 0 Å². The lowest BCUT2D eigenvalue weighted by Crippen LogP contribution is -2.12. The van der Waals surface area contributed by atoms with Crippen LogP contribution >= 0.6 is 38.9 Å². The van der Waals surface area contributed by atoms with E-state index in [4.69, 9.17) is 11.6 Å². The molecule has 4 aromatic rings. The largest absolute Gasteiger partial charge is 0.269 e. The Bertz CT molecular complexity index is 1230. The molecule has 3 aromatic heterocycles. The molecule has 0 unspecified atom stereocenters. The van der Waals surface area contributed by atoms with Gasteiger partial charge in [0, 0.05) is 28.7 Å². The number of halogens is 2. The van der Waals surface area contributed by atoms with Gasteiger partial charge in [-0.15, -0.1) is 11.3 Å². The summed E-state index contributed by atoms with van der Waals surface area (Å²) in [5.74, 6) is 0. The molecule has 0 aliphatic rings. The first kappa shape index (κ1) is 17.7. The van der Waals surface area contributed by atoms with Crippen molar-refractivity contribution in [3.05, 3.63) is 63.3 Å². The summed E-state index contributed by atoms with van der Waals surface area (Å²) in [5, 5.41) is 3.59. The van der Waals surface area contributed by atoms with Crippen molar-refractivity contribution in [3.8, 4) is 10.6 Å². The fraction of sp³-hybridized carbons (Fsp3) is 0.0588. The second kappa shape index (κ2) is 6.45. The molecule has 0 fully saturated rings. The Morgan fingerprint density at radius 2 is 1.96 bits per heavy atom. The number of fused-ring (bicyclic) bond motifs is 1. The molecule has 9 heteroatoms. The average Bonchev–Trinajstić information content (AvgIpc) is 3.18. The van der Waals surface area contributed by atoms with Gasteiger partial charge in [0.1, 0.15) is 9.61 Å². The first-order chi connectivity index (χ1) is 12.4. The van der Waals surface area contributed by atoms with Crippen LogP contribution < -0.4 is 0 Å². The van der Waals surface area contributed by atoms with E-state index in [-0.39, 0.29) is 4.90 Å². The fourth-order valence-electron chi connectivity index (χ4n) is 2.61. The third-order valence-corrected chi connectivity index (χ3v) is 7.32. The molecule has 0 amide bonds. The van der Waals surface area contributed by atoms with E-state index in [1.165, 1.54) is 21.5 Å². The summed E-state index contributed by atoms with van der Waals surface area (Å²) >= 11 is 10.8. The molecule has 1 aromatic carbocycles. The van der Waals surface area contributed by atoms with Crippen molar-refractivity contribution >= 4 is 59.9 Å².